The van der Waals surface area contributed by atoms with Crippen molar-refractivity contribution in [1.29, 1.82) is 0 Å². The van der Waals surface area contributed by atoms with Gasteiger partial charge in [-0.25, -0.2) is 0 Å². The standard InChI is InChI=1S/C23H32N4O2/c1-23(2,3)27-21(29)19-12-8-9-17(13-19)14-25-22(24-4)26-15-20(16-28)18-10-6-5-7-11-18/h5-13,20,28H,14-16H2,1-4H3,(H,27,29)(H2,24,25,26). The predicted molar refractivity (Wildman–Crippen MR) is 118 cm³/mol. The minimum absolute atomic E-state index is 0.0147. The molecule has 29 heavy (non-hydrogen) atoms. The summed E-state index contributed by atoms with van der Waals surface area (Å²) in [4.78, 5) is 16.6. The van der Waals surface area contributed by atoms with Crippen LogP contribution in [0.5, 0.6) is 0 Å². The molecule has 1 amide bonds. The molecule has 0 bridgehead atoms. The van der Waals surface area contributed by atoms with Crippen molar-refractivity contribution in [1.82, 2.24) is 16.0 Å². The second kappa shape index (κ2) is 10.6. The summed E-state index contributed by atoms with van der Waals surface area (Å²) < 4.78 is 0. The van der Waals surface area contributed by atoms with E-state index in [2.05, 4.69) is 20.9 Å². The van der Waals surface area contributed by atoms with Gasteiger partial charge >= 0.3 is 0 Å². The van der Waals surface area contributed by atoms with E-state index in [9.17, 15) is 9.90 Å². The molecule has 0 aromatic heterocycles. The molecule has 0 saturated heterocycles. The largest absolute Gasteiger partial charge is 0.396 e. The highest BCUT2D eigenvalue weighted by molar-refractivity contribution is 5.94. The van der Waals surface area contributed by atoms with Gasteiger partial charge in [0.05, 0.1) is 6.61 Å². The Kier molecular flexibility index (Phi) is 8.21. The molecular formula is C23H32N4O2. The molecule has 0 heterocycles. The molecule has 156 valence electrons. The fourth-order valence-corrected chi connectivity index (χ4v) is 2.87. The molecule has 0 aliphatic carbocycles. The Bertz CT molecular complexity index is 813. The first-order chi connectivity index (χ1) is 13.8. The van der Waals surface area contributed by atoms with E-state index in [0.29, 0.717) is 24.6 Å². The molecule has 4 N–H and O–H groups in total. The fourth-order valence-electron chi connectivity index (χ4n) is 2.87. The number of nitrogens with one attached hydrogen (secondary N) is 3. The van der Waals surface area contributed by atoms with E-state index in [-0.39, 0.29) is 24.0 Å². The second-order valence-electron chi connectivity index (χ2n) is 8.00. The Labute approximate surface area is 173 Å². The van der Waals surface area contributed by atoms with Crippen LogP contribution in [0.2, 0.25) is 0 Å². The molecule has 2 aromatic rings. The van der Waals surface area contributed by atoms with E-state index in [4.69, 9.17) is 0 Å². The van der Waals surface area contributed by atoms with Gasteiger partial charge in [-0.3, -0.25) is 9.79 Å². The maximum absolute atomic E-state index is 12.4. The van der Waals surface area contributed by atoms with Crippen LogP contribution >= 0.6 is 0 Å². The molecule has 0 fully saturated rings. The summed E-state index contributed by atoms with van der Waals surface area (Å²) in [6.07, 6.45) is 0. The molecule has 6 nitrogen and oxygen atoms in total. The lowest BCUT2D eigenvalue weighted by Crippen LogP contribution is -2.40. The van der Waals surface area contributed by atoms with Crippen LogP contribution in [0.3, 0.4) is 0 Å². The van der Waals surface area contributed by atoms with Gasteiger partial charge in [-0.1, -0.05) is 42.5 Å². The van der Waals surface area contributed by atoms with Crippen LogP contribution in [0.1, 0.15) is 48.2 Å². The molecule has 2 aromatic carbocycles. The molecular weight excluding hydrogens is 364 g/mol. The molecule has 1 unspecified atom stereocenters. The summed E-state index contributed by atoms with van der Waals surface area (Å²) in [5, 5.41) is 19.2. The first-order valence-electron chi connectivity index (χ1n) is 9.84. The van der Waals surface area contributed by atoms with E-state index in [1.165, 1.54) is 0 Å². The number of amides is 1. The number of hydrogen-bond donors (Lipinski definition) is 4. The normalized spacial score (nSPS) is 12.9. The number of rotatable bonds is 7. The van der Waals surface area contributed by atoms with E-state index < -0.39 is 0 Å². The van der Waals surface area contributed by atoms with Crippen LogP contribution in [0, 0.1) is 0 Å². The third-order valence-corrected chi connectivity index (χ3v) is 4.37. The van der Waals surface area contributed by atoms with Gasteiger partial charge in [0, 0.05) is 37.2 Å². The van der Waals surface area contributed by atoms with Gasteiger partial charge in [-0.2, -0.15) is 0 Å². The van der Waals surface area contributed by atoms with Crippen LogP contribution in [0.15, 0.2) is 59.6 Å². The number of guanidine groups is 1. The van der Waals surface area contributed by atoms with Crippen LogP contribution in [-0.4, -0.2) is 42.7 Å². The lowest BCUT2D eigenvalue weighted by atomic mass is 10.0. The summed E-state index contributed by atoms with van der Waals surface area (Å²) >= 11 is 0. The molecule has 6 heteroatoms. The van der Waals surface area contributed by atoms with Gasteiger partial charge in [-0.05, 0) is 44.0 Å². The first-order valence-corrected chi connectivity index (χ1v) is 9.84. The lowest BCUT2D eigenvalue weighted by molar-refractivity contribution is 0.0919. The zero-order chi connectivity index (χ0) is 21.3. The summed E-state index contributed by atoms with van der Waals surface area (Å²) in [7, 11) is 1.71. The Morgan fingerprint density at radius 2 is 1.79 bits per heavy atom. The SMILES string of the molecule is CN=C(NCc1cccc(C(=O)NC(C)(C)C)c1)NCC(CO)c1ccccc1. The fraction of sp³-hybridized carbons (Fsp3) is 0.391. The highest BCUT2D eigenvalue weighted by Gasteiger charge is 2.15. The Morgan fingerprint density at radius 1 is 1.07 bits per heavy atom. The highest BCUT2D eigenvalue weighted by atomic mass is 16.3. The summed E-state index contributed by atoms with van der Waals surface area (Å²) in [6.45, 7) is 7.03. The van der Waals surface area contributed by atoms with Crippen molar-refractivity contribution in [2.24, 2.45) is 4.99 Å². The molecule has 0 spiro atoms. The lowest BCUT2D eigenvalue weighted by Gasteiger charge is -2.21. The van der Waals surface area contributed by atoms with Crippen molar-refractivity contribution in [2.45, 2.75) is 38.8 Å². The van der Waals surface area contributed by atoms with Crippen molar-refractivity contribution in [3.8, 4) is 0 Å². The van der Waals surface area contributed by atoms with Gasteiger partial charge in [0.2, 0.25) is 0 Å². The Hall–Kier alpha value is -2.86. The minimum Gasteiger partial charge on any atom is -0.396 e. The monoisotopic (exact) mass is 396 g/mol. The number of aliphatic hydroxyl groups is 1. The third-order valence-electron chi connectivity index (χ3n) is 4.37. The molecule has 2 rings (SSSR count). The summed E-state index contributed by atoms with van der Waals surface area (Å²) in [5.74, 6) is 0.540. The van der Waals surface area contributed by atoms with Gasteiger partial charge in [0.1, 0.15) is 0 Å². The van der Waals surface area contributed by atoms with Crippen LogP contribution in [0.4, 0.5) is 0 Å². The number of carbonyl (C=O) groups excluding carboxylic acids is 1. The maximum atomic E-state index is 12.4. The van der Waals surface area contributed by atoms with Crippen LogP contribution < -0.4 is 16.0 Å². The molecule has 0 aliphatic rings. The van der Waals surface area contributed by atoms with Gasteiger partial charge in [-0.15, -0.1) is 0 Å². The van der Waals surface area contributed by atoms with Crippen LogP contribution in [-0.2, 0) is 6.54 Å². The zero-order valence-electron chi connectivity index (χ0n) is 17.7. The number of hydrogen-bond acceptors (Lipinski definition) is 3. The van der Waals surface area contributed by atoms with Gasteiger partial charge in [0.25, 0.3) is 5.91 Å². The van der Waals surface area contributed by atoms with Crippen molar-refractivity contribution < 1.29 is 9.90 Å². The average Bonchev–Trinajstić information content (AvgIpc) is 2.70. The predicted octanol–water partition coefficient (Wildman–Crippen LogP) is 2.66. The Morgan fingerprint density at radius 3 is 2.41 bits per heavy atom. The number of aliphatic imine (C=N–C) groups is 1. The van der Waals surface area contributed by atoms with Crippen molar-refractivity contribution in [2.75, 3.05) is 20.2 Å². The van der Waals surface area contributed by atoms with E-state index in [1.54, 1.807) is 7.05 Å². The van der Waals surface area contributed by atoms with Crippen molar-refractivity contribution >= 4 is 11.9 Å². The average molecular weight is 397 g/mol. The second-order valence-corrected chi connectivity index (χ2v) is 8.00. The van der Waals surface area contributed by atoms with E-state index in [1.807, 2.05) is 75.4 Å². The first kappa shape index (κ1) is 22.4. The quantitative estimate of drug-likeness (QED) is 0.428. The maximum Gasteiger partial charge on any atom is 0.251 e. The number of nitrogens with zero attached hydrogens (tertiary/aromatic N) is 1. The van der Waals surface area contributed by atoms with Crippen molar-refractivity contribution in [3.63, 3.8) is 0 Å². The molecule has 0 radical (unpaired) electrons. The van der Waals surface area contributed by atoms with Gasteiger partial charge in [0.15, 0.2) is 5.96 Å². The Balaban J connectivity index is 1.92. The highest BCUT2D eigenvalue weighted by Crippen LogP contribution is 2.13. The third kappa shape index (κ3) is 7.58. The van der Waals surface area contributed by atoms with E-state index in [0.717, 1.165) is 11.1 Å². The topological polar surface area (TPSA) is 85.8 Å². The number of carbonyl (C=O) groups is 1. The molecule has 0 aliphatic heterocycles. The number of benzene rings is 2. The number of aliphatic hydroxyl groups excluding tert-OH is 1. The van der Waals surface area contributed by atoms with Crippen LogP contribution in [0.25, 0.3) is 0 Å². The van der Waals surface area contributed by atoms with Gasteiger partial charge < -0.3 is 21.1 Å². The summed E-state index contributed by atoms with van der Waals surface area (Å²) in [6, 6.07) is 17.4. The van der Waals surface area contributed by atoms with Crippen molar-refractivity contribution in [3.05, 3.63) is 71.3 Å². The smallest absolute Gasteiger partial charge is 0.251 e. The molecule has 0 saturated carbocycles. The molecule has 1 atom stereocenters. The zero-order valence-corrected chi connectivity index (χ0v) is 17.7. The minimum atomic E-state index is -0.278. The summed E-state index contributed by atoms with van der Waals surface area (Å²) in [5.41, 5.74) is 2.41. The van der Waals surface area contributed by atoms with E-state index >= 15 is 0 Å².